The van der Waals surface area contributed by atoms with Crippen molar-refractivity contribution in [3.8, 4) is 17.5 Å². The van der Waals surface area contributed by atoms with Gasteiger partial charge in [-0.2, -0.15) is 0 Å². The summed E-state index contributed by atoms with van der Waals surface area (Å²) in [5, 5.41) is 9.07. The molecule has 2 aromatic rings. The minimum atomic E-state index is -0.920. The number of hydrogen-bond donors (Lipinski definition) is 1. The Morgan fingerprint density at radius 3 is 2.61 bits per heavy atom. The molecule has 1 N–H and O–H groups in total. The van der Waals surface area contributed by atoms with Gasteiger partial charge in [0.05, 0.1) is 18.8 Å². The van der Waals surface area contributed by atoms with Crippen LogP contribution in [0.3, 0.4) is 0 Å². The molecule has 33 heavy (non-hydrogen) atoms. The van der Waals surface area contributed by atoms with Crippen molar-refractivity contribution in [3.63, 3.8) is 0 Å². The Hall–Kier alpha value is -2.98. The molecule has 2 aliphatic heterocycles. The lowest BCUT2D eigenvalue weighted by molar-refractivity contribution is 0.0384. The van der Waals surface area contributed by atoms with Crippen molar-refractivity contribution in [2.75, 3.05) is 45.9 Å². The van der Waals surface area contributed by atoms with E-state index in [0.717, 1.165) is 44.8 Å². The summed E-state index contributed by atoms with van der Waals surface area (Å²) in [6.45, 7) is 6.73. The maximum atomic E-state index is 14.7. The van der Waals surface area contributed by atoms with E-state index in [-0.39, 0.29) is 17.7 Å². The second kappa shape index (κ2) is 10.8. The fourth-order valence-corrected chi connectivity index (χ4v) is 3.96. The first kappa shape index (κ1) is 23.2. The highest BCUT2D eigenvalue weighted by molar-refractivity contribution is 5.65. The Morgan fingerprint density at radius 1 is 1.18 bits per heavy atom. The van der Waals surface area contributed by atoms with Gasteiger partial charge in [0, 0.05) is 45.6 Å². The molecule has 0 atom stereocenters. The average molecular weight is 461 g/mol. The summed E-state index contributed by atoms with van der Waals surface area (Å²) in [7, 11) is 0. The number of amides is 1. The zero-order chi connectivity index (χ0) is 23.2. The molecular weight excluding hydrogens is 431 g/mol. The molecule has 3 heterocycles. The summed E-state index contributed by atoms with van der Waals surface area (Å²) < 4.78 is 31.8. The Kier molecular flexibility index (Phi) is 7.56. The third kappa shape index (κ3) is 6.08. The van der Waals surface area contributed by atoms with E-state index in [0.29, 0.717) is 37.4 Å². The number of morpholine rings is 1. The van der Waals surface area contributed by atoms with E-state index in [2.05, 4.69) is 14.9 Å². The lowest BCUT2D eigenvalue weighted by Crippen LogP contribution is -2.41. The SMILES string of the molecule is Cc1c(Oc2ccc(CCN3CCOCC3)cc2F)ncnc1OC1CCN(C(=O)O)CC1. The van der Waals surface area contributed by atoms with Crippen LogP contribution in [-0.4, -0.2) is 83.0 Å². The first-order valence-corrected chi connectivity index (χ1v) is 11.2. The van der Waals surface area contributed by atoms with Crippen LogP contribution in [0.2, 0.25) is 0 Å². The normalized spacial score (nSPS) is 17.7. The van der Waals surface area contributed by atoms with Gasteiger partial charge in [-0.15, -0.1) is 0 Å². The quantitative estimate of drug-likeness (QED) is 0.673. The summed E-state index contributed by atoms with van der Waals surface area (Å²) >= 11 is 0. The lowest BCUT2D eigenvalue weighted by Gasteiger charge is -2.30. The van der Waals surface area contributed by atoms with Gasteiger partial charge in [0.15, 0.2) is 11.6 Å². The molecule has 0 radical (unpaired) electrons. The molecule has 0 aliphatic carbocycles. The number of hydrogen-bond acceptors (Lipinski definition) is 7. The maximum absolute atomic E-state index is 14.7. The van der Waals surface area contributed by atoms with Gasteiger partial charge < -0.3 is 24.2 Å². The fourth-order valence-electron chi connectivity index (χ4n) is 3.96. The predicted octanol–water partition coefficient (Wildman–Crippen LogP) is 3.11. The number of rotatable bonds is 7. The number of likely N-dealkylation sites (tertiary alicyclic amines) is 1. The summed E-state index contributed by atoms with van der Waals surface area (Å²) in [5.41, 5.74) is 1.47. The number of carboxylic acid groups (broad SMARTS) is 1. The molecule has 1 aromatic heterocycles. The average Bonchev–Trinajstić information content (AvgIpc) is 2.82. The Morgan fingerprint density at radius 2 is 1.91 bits per heavy atom. The highest BCUT2D eigenvalue weighted by Crippen LogP contribution is 2.30. The van der Waals surface area contributed by atoms with Gasteiger partial charge in [-0.25, -0.2) is 19.2 Å². The van der Waals surface area contributed by atoms with Crippen LogP contribution in [-0.2, 0) is 11.2 Å². The molecule has 178 valence electrons. The van der Waals surface area contributed by atoms with Crippen molar-refractivity contribution in [2.24, 2.45) is 0 Å². The van der Waals surface area contributed by atoms with Crippen LogP contribution < -0.4 is 9.47 Å². The molecule has 0 saturated carbocycles. The molecule has 0 bridgehead atoms. The summed E-state index contributed by atoms with van der Waals surface area (Å²) in [5.74, 6) is 0.225. The number of piperidine rings is 1. The van der Waals surface area contributed by atoms with Crippen LogP contribution in [0.15, 0.2) is 24.5 Å². The summed E-state index contributed by atoms with van der Waals surface area (Å²) in [6, 6.07) is 4.98. The molecule has 2 saturated heterocycles. The fraction of sp³-hybridized carbons (Fsp3) is 0.522. The molecule has 1 aromatic carbocycles. The van der Waals surface area contributed by atoms with Crippen molar-refractivity contribution < 1.29 is 28.5 Å². The molecule has 2 aliphatic rings. The van der Waals surface area contributed by atoms with Crippen LogP contribution in [0, 0.1) is 12.7 Å². The van der Waals surface area contributed by atoms with Crippen LogP contribution in [0.4, 0.5) is 9.18 Å². The summed E-state index contributed by atoms with van der Waals surface area (Å²) in [4.78, 5) is 23.1. The maximum Gasteiger partial charge on any atom is 0.407 e. The predicted molar refractivity (Wildman–Crippen MR) is 117 cm³/mol. The monoisotopic (exact) mass is 460 g/mol. The Balaban J connectivity index is 1.36. The molecule has 4 rings (SSSR count). The zero-order valence-electron chi connectivity index (χ0n) is 18.7. The van der Waals surface area contributed by atoms with E-state index in [1.807, 2.05) is 6.07 Å². The van der Waals surface area contributed by atoms with Crippen molar-refractivity contribution in [1.82, 2.24) is 19.8 Å². The number of nitrogens with zero attached hydrogens (tertiary/aromatic N) is 4. The lowest BCUT2D eigenvalue weighted by atomic mass is 10.1. The minimum Gasteiger partial charge on any atom is -0.474 e. The van der Waals surface area contributed by atoms with Crippen molar-refractivity contribution in [1.29, 1.82) is 0 Å². The van der Waals surface area contributed by atoms with E-state index < -0.39 is 11.9 Å². The molecule has 10 heteroatoms. The van der Waals surface area contributed by atoms with Crippen LogP contribution >= 0.6 is 0 Å². The number of carbonyl (C=O) groups is 1. The van der Waals surface area contributed by atoms with Crippen molar-refractivity contribution in [2.45, 2.75) is 32.3 Å². The van der Waals surface area contributed by atoms with Gasteiger partial charge in [0.2, 0.25) is 11.8 Å². The van der Waals surface area contributed by atoms with Gasteiger partial charge in [-0.3, -0.25) is 4.90 Å². The first-order valence-electron chi connectivity index (χ1n) is 11.2. The Bertz CT molecular complexity index is 962. The topological polar surface area (TPSA) is 97.3 Å². The summed E-state index contributed by atoms with van der Waals surface area (Å²) in [6.07, 6.45) is 2.15. The van der Waals surface area contributed by atoms with Gasteiger partial charge in [0.1, 0.15) is 12.4 Å². The van der Waals surface area contributed by atoms with E-state index in [4.69, 9.17) is 19.3 Å². The van der Waals surface area contributed by atoms with Gasteiger partial charge in [0.25, 0.3) is 0 Å². The van der Waals surface area contributed by atoms with Crippen LogP contribution in [0.1, 0.15) is 24.0 Å². The third-order valence-corrected chi connectivity index (χ3v) is 6.01. The number of halogens is 1. The van der Waals surface area contributed by atoms with Gasteiger partial charge >= 0.3 is 6.09 Å². The van der Waals surface area contributed by atoms with Gasteiger partial charge in [-0.1, -0.05) is 6.07 Å². The third-order valence-electron chi connectivity index (χ3n) is 6.01. The smallest absolute Gasteiger partial charge is 0.407 e. The molecule has 0 spiro atoms. The van der Waals surface area contributed by atoms with Crippen LogP contribution in [0.25, 0.3) is 0 Å². The van der Waals surface area contributed by atoms with Crippen molar-refractivity contribution >= 4 is 6.09 Å². The Labute approximate surface area is 192 Å². The first-order chi connectivity index (χ1) is 16.0. The van der Waals surface area contributed by atoms with Crippen molar-refractivity contribution in [3.05, 3.63) is 41.5 Å². The van der Waals surface area contributed by atoms with Crippen LogP contribution in [0.5, 0.6) is 17.5 Å². The largest absolute Gasteiger partial charge is 0.474 e. The van der Waals surface area contributed by atoms with E-state index >= 15 is 0 Å². The van der Waals surface area contributed by atoms with Gasteiger partial charge in [-0.05, 0) is 31.0 Å². The highest BCUT2D eigenvalue weighted by Gasteiger charge is 2.25. The minimum absolute atomic E-state index is 0.0904. The zero-order valence-corrected chi connectivity index (χ0v) is 18.7. The number of aromatic nitrogens is 2. The second-order valence-corrected chi connectivity index (χ2v) is 8.27. The second-order valence-electron chi connectivity index (χ2n) is 8.27. The van der Waals surface area contributed by atoms with E-state index in [1.165, 1.54) is 17.3 Å². The standard InChI is InChI=1S/C23H29FN4O5/c1-16-21(32-18-5-8-28(9-6-18)23(29)30)25-15-26-22(16)33-20-3-2-17(14-19(20)24)4-7-27-10-12-31-13-11-27/h2-3,14-15,18H,4-13H2,1H3,(H,29,30). The molecular formula is C23H29FN4O5. The van der Waals surface area contributed by atoms with E-state index in [1.54, 1.807) is 13.0 Å². The van der Waals surface area contributed by atoms with E-state index in [9.17, 15) is 9.18 Å². The highest BCUT2D eigenvalue weighted by atomic mass is 19.1. The molecule has 9 nitrogen and oxygen atoms in total. The number of ether oxygens (including phenoxy) is 3. The molecule has 2 fully saturated rings. The molecule has 0 unspecified atom stereocenters. The number of benzene rings is 1. The molecule has 1 amide bonds.